The van der Waals surface area contributed by atoms with Gasteiger partial charge in [0.05, 0.1) is 32.7 Å². The van der Waals surface area contributed by atoms with E-state index in [1.54, 1.807) is 60.7 Å². The van der Waals surface area contributed by atoms with Crippen LogP contribution in [0.4, 0.5) is 26.3 Å². The molecule has 0 heterocycles. The number of benzene rings is 9. The first-order chi connectivity index (χ1) is 30.7. The lowest BCUT2D eigenvalue weighted by Crippen LogP contribution is -2.05. The normalized spacial score (nSPS) is 10.8. The fourth-order valence-corrected chi connectivity index (χ4v) is 12.5. The molecule has 0 aliphatic carbocycles. The van der Waals surface area contributed by atoms with Crippen LogP contribution in [0, 0.1) is 34.9 Å². The molecule has 0 saturated carbocycles. The first-order valence-electron chi connectivity index (χ1n) is 19.6. The molecule has 9 rings (SSSR count). The first kappa shape index (κ1) is 44.7. The van der Waals surface area contributed by atoms with Crippen molar-refractivity contribution in [1.82, 2.24) is 0 Å². The van der Waals surface area contributed by atoms with Crippen molar-refractivity contribution in [2.45, 2.75) is 44.1 Å². The molecule has 0 bridgehead atoms. The van der Waals surface area contributed by atoms with Crippen LogP contribution in [0.15, 0.2) is 281 Å². The van der Waals surface area contributed by atoms with E-state index in [-0.39, 0.29) is 56.7 Å². The van der Waals surface area contributed by atoms with Crippen molar-refractivity contribution in [3.63, 3.8) is 0 Å². The molecule has 312 valence electrons. The van der Waals surface area contributed by atoms with E-state index in [9.17, 15) is 26.3 Å². The second-order valence-electron chi connectivity index (χ2n) is 13.6. The van der Waals surface area contributed by atoms with Crippen LogP contribution in [0.25, 0.3) is 0 Å². The molecular weight excluding hydrogens is 859 g/mol. The summed E-state index contributed by atoms with van der Waals surface area (Å²) in [5, 5.41) is 0. The topological polar surface area (TPSA) is 0 Å². The Morgan fingerprint density at radius 2 is 0.286 bits per heavy atom. The van der Waals surface area contributed by atoms with Crippen molar-refractivity contribution in [1.29, 1.82) is 0 Å². The fraction of sp³-hybridized carbons (Fsp3) is 0. The van der Waals surface area contributed by atoms with Crippen LogP contribution >= 0.6 is 0 Å². The van der Waals surface area contributed by atoms with E-state index in [1.165, 1.54) is 82.6 Å². The Hall–Kier alpha value is -6.39. The van der Waals surface area contributed by atoms with Gasteiger partial charge in [-0.15, -0.1) is 0 Å². The molecule has 0 nitrogen and oxygen atoms in total. The second kappa shape index (κ2) is 22.1. The predicted molar refractivity (Wildman–Crippen MR) is 244 cm³/mol. The van der Waals surface area contributed by atoms with E-state index >= 15 is 0 Å². The molecule has 0 fully saturated rings. The van der Waals surface area contributed by atoms with Gasteiger partial charge in [-0.1, -0.05) is 54.6 Å². The molecule has 9 aromatic rings. The van der Waals surface area contributed by atoms with Crippen LogP contribution in [-0.4, -0.2) is 0 Å². The molecule has 0 atom stereocenters. The van der Waals surface area contributed by atoms with Crippen molar-refractivity contribution in [2.75, 3.05) is 0 Å². The Morgan fingerprint density at radius 3 is 0.429 bits per heavy atom. The standard InChI is InChI=1S/C18H12F3S.C18H13F2S.C18H14FS/c19-13-1-7-16(8-2-13)22(17-9-3-14(20)4-10-17)18-11-5-15(21)6-12-18;19-14-6-10-17(11-7-14)21(16-4-2-1-3-5-16)18-12-8-15(20)9-13-18;19-15-11-13-18(14-12-15)20(16-7-3-1-4-8-16)17-9-5-2-6-10-17/h1-12H;1-13H;1-14H/q3*+1. The number of halogens is 6. The maximum absolute atomic E-state index is 13.2. The lowest BCUT2D eigenvalue weighted by molar-refractivity contribution is 0.625. The molecule has 0 radical (unpaired) electrons. The number of rotatable bonds is 9. The molecule has 9 aromatic carbocycles. The summed E-state index contributed by atoms with van der Waals surface area (Å²) in [6, 6.07) is 69.0. The highest BCUT2D eigenvalue weighted by Crippen LogP contribution is 2.34. The van der Waals surface area contributed by atoms with Gasteiger partial charge in [-0.05, 0) is 182 Å². The lowest BCUT2D eigenvalue weighted by atomic mass is 10.3. The van der Waals surface area contributed by atoms with Crippen LogP contribution in [0.3, 0.4) is 0 Å². The lowest BCUT2D eigenvalue weighted by Gasteiger charge is -2.08. The van der Waals surface area contributed by atoms with E-state index in [0.29, 0.717) is 0 Å². The molecular formula is C54H39F6S3+3. The molecule has 9 heteroatoms. The Kier molecular flexibility index (Phi) is 15.7. The van der Waals surface area contributed by atoms with Gasteiger partial charge in [-0.2, -0.15) is 0 Å². The molecule has 0 aliphatic heterocycles. The van der Waals surface area contributed by atoms with E-state index in [4.69, 9.17) is 0 Å². The first-order valence-corrected chi connectivity index (χ1v) is 23.3. The van der Waals surface area contributed by atoms with Gasteiger partial charge in [-0.25, -0.2) is 26.3 Å². The SMILES string of the molecule is Fc1ccc([S+](c2ccc(F)cc2)c2ccc(F)cc2)cc1.Fc1ccc([S+](c2ccccc2)c2ccc(F)cc2)cc1.Fc1ccc([S+](c2ccccc2)c2ccccc2)cc1. The molecule has 0 saturated heterocycles. The van der Waals surface area contributed by atoms with Gasteiger partial charge in [0.2, 0.25) is 0 Å². The Bertz CT molecular complexity index is 2550. The highest BCUT2D eigenvalue weighted by Gasteiger charge is 2.31. The second-order valence-corrected chi connectivity index (χ2v) is 19.7. The summed E-state index contributed by atoms with van der Waals surface area (Å²) in [5.74, 6) is -1.65. The quantitative estimate of drug-likeness (QED) is 0.100. The summed E-state index contributed by atoms with van der Waals surface area (Å²) < 4.78 is 79.0. The van der Waals surface area contributed by atoms with Gasteiger partial charge in [0, 0.05) is 0 Å². The summed E-state index contributed by atoms with van der Waals surface area (Å²) in [6.45, 7) is 0. The Morgan fingerprint density at radius 1 is 0.159 bits per heavy atom. The van der Waals surface area contributed by atoms with E-state index < -0.39 is 10.9 Å². The molecule has 0 N–H and O–H groups in total. The minimum Gasteiger partial charge on any atom is -0.207 e. The van der Waals surface area contributed by atoms with E-state index in [0.717, 1.165) is 34.3 Å². The average Bonchev–Trinajstić information content (AvgIpc) is 3.32. The largest absolute Gasteiger partial charge is 0.207 e. The fourth-order valence-electron chi connectivity index (χ4n) is 6.32. The minimum atomic E-state index is -0.539. The predicted octanol–water partition coefficient (Wildman–Crippen LogP) is 15.2. The van der Waals surface area contributed by atoms with Gasteiger partial charge < -0.3 is 0 Å². The zero-order chi connectivity index (χ0) is 44.0. The van der Waals surface area contributed by atoms with Crippen molar-refractivity contribution >= 4 is 32.7 Å². The third kappa shape index (κ3) is 12.4. The Balaban J connectivity index is 0.000000142. The van der Waals surface area contributed by atoms with Crippen molar-refractivity contribution < 1.29 is 26.3 Å². The number of hydrogen-bond acceptors (Lipinski definition) is 0. The van der Waals surface area contributed by atoms with Gasteiger partial charge in [-0.3, -0.25) is 0 Å². The third-order valence-electron chi connectivity index (χ3n) is 9.23. The molecule has 0 aliphatic rings. The summed E-state index contributed by atoms with van der Waals surface area (Å²) in [6.07, 6.45) is 0. The summed E-state index contributed by atoms with van der Waals surface area (Å²) >= 11 is 0. The van der Waals surface area contributed by atoms with Crippen LogP contribution in [0.1, 0.15) is 0 Å². The smallest absolute Gasteiger partial charge is 0.166 e. The third-order valence-corrected chi connectivity index (χ3v) is 15.9. The average molecular weight is 898 g/mol. The molecule has 0 spiro atoms. The highest BCUT2D eigenvalue weighted by atomic mass is 32.2. The van der Waals surface area contributed by atoms with Crippen LogP contribution < -0.4 is 0 Å². The van der Waals surface area contributed by atoms with Gasteiger partial charge in [0.1, 0.15) is 34.9 Å². The van der Waals surface area contributed by atoms with E-state index in [1.807, 2.05) is 78.9 Å². The highest BCUT2D eigenvalue weighted by molar-refractivity contribution is 7.97. The monoisotopic (exact) mass is 897 g/mol. The van der Waals surface area contributed by atoms with Gasteiger partial charge >= 0.3 is 0 Å². The maximum Gasteiger partial charge on any atom is 0.166 e. The maximum atomic E-state index is 13.2. The Labute approximate surface area is 372 Å². The van der Waals surface area contributed by atoms with Gasteiger partial charge in [0.25, 0.3) is 0 Å². The van der Waals surface area contributed by atoms with Crippen molar-refractivity contribution in [2.24, 2.45) is 0 Å². The van der Waals surface area contributed by atoms with Crippen LogP contribution in [0.2, 0.25) is 0 Å². The zero-order valence-corrected chi connectivity index (χ0v) is 36.0. The molecule has 0 unspecified atom stereocenters. The zero-order valence-electron chi connectivity index (χ0n) is 33.5. The molecule has 0 amide bonds. The summed E-state index contributed by atoms with van der Waals surface area (Å²) in [5.41, 5.74) is 0. The summed E-state index contributed by atoms with van der Waals surface area (Å²) in [4.78, 5) is 9.41. The van der Waals surface area contributed by atoms with Crippen molar-refractivity contribution in [3.05, 3.63) is 271 Å². The van der Waals surface area contributed by atoms with E-state index in [2.05, 4.69) is 24.3 Å². The molecule has 0 aromatic heterocycles. The van der Waals surface area contributed by atoms with Gasteiger partial charge in [0.15, 0.2) is 44.1 Å². The summed E-state index contributed by atoms with van der Waals surface area (Å²) in [7, 11) is -1.09. The van der Waals surface area contributed by atoms with Crippen LogP contribution in [-0.2, 0) is 32.7 Å². The van der Waals surface area contributed by atoms with Crippen molar-refractivity contribution in [3.8, 4) is 0 Å². The van der Waals surface area contributed by atoms with Crippen LogP contribution in [0.5, 0.6) is 0 Å². The number of hydrogen-bond donors (Lipinski definition) is 0. The molecule has 63 heavy (non-hydrogen) atoms. The minimum absolute atomic E-state index is 0.190.